The summed E-state index contributed by atoms with van der Waals surface area (Å²) in [7, 11) is -3.33. The summed E-state index contributed by atoms with van der Waals surface area (Å²) in [5.74, 6) is -0.0251. The summed E-state index contributed by atoms with van der Waals surface area (Å²) in [4.78, 5) is 13.5. The average Bonchev–Trinajstić information content (AvgIpc) is 2.68. The lowest BCUT2D eigenvalue weighted by Gasteiger charge is -2.31. The first-order valence-electron chi connectivity index (χ1n) is 10.4. The Hall–Kier alpha value is -2.22. The summed E-state index contributed by atoms with van der Waals surface area (Å²) >= 11 is 0. The van der Waals surface area contributed by atoms with Crippen LogP contribution < -0.4 is 10.2 Å². The van der Waals surface area contributed by atoms with Gasteiger partial charge in [0.05, 0.1) is 31.9 Å². The van der Waals surface area contributed by atoms with Gasteiger partial charge in [0.15, 0.2) is 6.54 Å². The lowest BCUT2D eigenvalue weighted by molar-refractivity contribution is -0.895. The Morgan fingerprint density at radius 2 is 1.60 bits per heavy atom. The van der Waals surface area contributed by atoms with Crippen molar-refractivity contribution in [2.45, 2.75) is 31.9 Å². The highest BCUT2D eigenvalue weighted by atomic mass is 32.2. The normalized spacial score (nSPS) is 16.4. The first-order chi connectivity index (χ1) is 14.1. The van der Waals surface area contributed by atoms with Crippen LogP contribution in [0.2, 0.25) is 0 Å². The number of nitrogens with one attached hydrogen (secondary N) is 2. The molecule has 1 fully saturated rings. The largest absolute Gasteiger partial charge is 0.325 e. The maximum atomic E-state index is 12.7. The van der Waals surface area contributed by atoms with E-state index in [2.05, 4.69) is 26.1 Å². The van der Waals surface area contributed by atoms with E-state index in [1.54, 1.807) is 4.31 Å². The van der Waals surface area contributed by atoms with Crippen LogP contribution in [0.5, 0.6) is 0 Å². The second-order valence-corrected chi connectivity index (χ2v) is 10.9. The topological polar surface area (TPSA) is 70.9 Å². The standard InChI is InChI=1S/C23H31N3O3S/c1-23(2,3)20-9-11-21(12-10-20)24-22(27)17-25-13-15-26(16-14-25)30(28,29)18-19-7-5-4-6-8-19/h4-12H,13-18H2,1-3H3,(H,24,27)/p+1. The van der Waals surface area contributed by atoms with Crippen molar-refractivity contribution in [1.82, 2.24) is 4.31 Å². The number of benzene rings is 2. The fourth-order valence-corrected chi connectivity index (χ4v) is 5.15. The van der Waals surface area contributed by atoms with Crippen LogP contribution >= 0.6 is 0 Å². The third-order valence-corrected chi connectivity index (χ3v) is 7.31. The van der Waals surface area contributed by atoms with E-state index in [1.165, 1.54) is 5.56 Å². The quantitative estimate of drug-likeness (QED) is 0.732. The molecular formula is C23H32N3O3S+. The van der Waals surface area contributed by atoms with Gasteiger partial charge in [0, 0.05) is 5.69 Å². The Kier molecular flexibility index (Phi) is 6.95. The SMILES string of the molecule is CC(C)(C)c1ccc(NC(=O)C[NH+]2CCN(S(=O)(=O)Cc3ccccc3)CC2)cc1. The summed E-state index contributed by atoms with van der Waals surface area (Å²) in [6.45, 7) is 8.95. The van der Waals surface area contributed by atoms with Crippen LogP contribution in [0.4, 0.5) is 5.69 Å². The number of carbonyl (C=O) groups is 1. The molecule has 1 aliphatic heterocycles. The average molecular weight is 431 g/mol. The first kappa shape index (κ1) is 22.5. The van der Waals surface area contributed by atoms with E-state index in [1.807, 2.05) is 54.6 Å². The molecule has 0 bridgehead atoms. The highest BCUT2D eigenvalue weighted by Crippen LogP contribution is 2.23. The molecule has 0 unspecified atom stereocenters. The van der Waals surface area contributed by atoms with E-state index in [-0.39, 0.29) is 17.1 Å². The summed E-state index contributed by atoms with van der Waals surface area (Å²) in [6.07, 6.45) is 0. The third kappa shape index (κ3) is 6.14. The molecule has 6 nitrogen and oxygen atoms in total. The number of hydrogen-bond donors (Lipinski definition) is 2. The van der Waals surface area contributed by atoms with Crippen molar-refractivity contribution in [2.24, 2.45) is 0 Å². The van der Waals surface area contributed by atoms with E-state index >= 15 is 0 Å². The van der Waals surface area contributed by atoms with Gasteiger partial charge < -0.3 is 10.2 Å². The van der Waals surface area contributed by atoms with Gasteiger partial charge in [-0.25, -0.2) is 8.42 Å². The molecule has 1 heterocycles. The molecule has 1 amide bonds. The van der Waals surface area contributed by atoms with Crippen molar-refractivity contribution in [2.75, 3.05) is 38.0 Å². The van der Waals surface area contributed by atoms with Crippen LogP contribution in [0, 0.1) is 0 Å². The first-order valence-corrected chi connectivity index (χ1v) is 12.0. The Bertz CT molecular complexity index is 943. The molecule has 0 aromatic heterocycles. The van der Waals surface area contributed by atoms with E-state index in [0.717, 1.165) is 16.2 Å². The molecule has 0 radical (unpaired) electrons. The summed E-state index contributed by atoms with van der Waals surface area (Å²) in [6, 6.07) is 17.2. The number of nitrogens with zero attached hydrogens (tertiary/aromatic N) is 1. The number of rotatable bonds is 6. The summed E-state index contributed by atoms with van der Waals surface area (Å²) < 4.78 is 26.9. The fourth-order valence-electron chi connectivity index (χ4n) is 3.62. The monoisotopic (exact) mass is 430 g/mol. The summed E-state index contributed by atoms with van der Waals surface area (Å²) in [5, 5.41) is 2.95. The zero-order valence-electron chi connectivity index (χ0n) is 18.0. The maximum absolute atomic E-state index is 12.7. The highest BCUT2D eigenvalue weighted by molar-refractivity contribution is 7.88. The number of carbonyl (C=O) groups excluding carboxylic acids is 1. The van der Waals surface area contributed by atoms with Crippen LogP contribution in [-0.2, 0) is 26.0 Å². The molecule has 7 heteroatoms. The lowest BCUT2D eigenvalue weighted by atomic mass is 9.87. The van der Waals surface area contributed by atoms with Gasteiger partial charge in [-0.3, -0.25) is 4.79 Å². The fraction of sp³-hybridized carbons (Fsp3) is 0.435. The zero-order valence-corrected chi connectivity index (χ0v) is 18.8. The zero-order chi connectivity index (χ0) is 21.8. The number of quaternary nitrogens is 1. The minimum atomic E-state index is -3.33. The van der Waals surface area contributed by atoms with Gasteiger partial charge in [0.1, 0.15) is 0 Å². The molecule has 2 aromatic rings. The van der Waals surface area contributed by atoms with Crippen LogP contribution in [0.1, 0.15) is 31.9 Å². The van der Waals surface area contributed by atoms with Crippen molar-refractivity contribution in [1.29, 1.82) is 0 Å². The maximum Gasteiger partial charge on any atom is 0.279 e. The van der Waals surface area contributed by atoms with Crippen LogP contribution in [0.15, 0.2) is 54.6 Å². The van der Waals surface area contributed by atoms with Gasteiger partial charge in [-0.15, -0.1) is 0 Å². The summed E-state index contributed by atoms with van der Waals surface area (Å²) in [5.41, 5.74) is 2.88. The van der Waals surface area contributed by atoms with Crippen molar-refractivity contribution in [3.05, 3.63) is 65.7 Å². The predicted molar refractivity (Wildman–Crippen MR) is 120 cm³/mol. The Morgan fingerprint density at radius 1 is 1.00 bits per heavy atom. The molecular weight excluding hydrogens is 398 g/mol. The van der Waals surface area contributed by atoms with Crippen LogP contribution in [0.3, 0.4) is 0 Å². The molecule has 2 aromatic carbocycles. The third-order valence-electron chi connectivity index (χ3n) is 5.46. The number of piperazine rings is 1. The Morgan fingerprint density at radius 3 is 2.17 bits per heavy atom. The molecule has 0 atom stereocenters. The molecule has 2 N–H and O–H groups in total. The minimum absolute atomic E-state index is 0.0220. The second-order valence-electron chi connectivity index (χ2n) is 8.94. The minimum Gasteiger partial charge on any atom is -0.325 e. The molecule has 1 saturated heterocycles. The van der Waals surface area contributed by atoms with E-state index < -0.39 is 10.0 Å². The lowest BCUT2D eigenvalue weighted by Crippen LogP contribution is -3.15. The van der Waals surface area contributed by atoms with Gasteiger partial charge in [-0.1, -0.05) is 63.2 Å². The van der Waals surface area contributed by atoms with Crippen molar-refractivity contribution < 1.29 is 18.1 Å². The van der Waals surface area contributed by atoms with Gasteiger partial charge in [0.25, 0.3) is 5.91 Å². The number of amides is 1. The number of sulfonamides is 1. The molecule has 0 saturated carbocycles. The molecule has 0 spiro atoms. The van der Waals surface area contributed by atoms with Gasteiger partial charge in [-0.2, -0.15) is 4.31 Å². The predicted octanol–water partition coefficient (Wildman–Crippen LogP) is 1.65. The van der Waals surface area contributed by atoms with Gasteiger partial charge in [0.2, 0.25) is 10.0 Å². The van der Waals surface area contributed by atoms with E-state index in [4.69, 9.17) is 0 Å². The van der Waals surface area contributed by atoms with Crippen molar-refractivity contribution >= 4 is 21.6 Å². The van der Waals surface area contributed by atoms with Crippen LogP contribution in [0.25, 0.3) is 0 Å². The van der Waals surface area contributed by atoms with E-state index in [9.17, 15) is 13.2 Å². The smallest absolute Gasteiger partial charge is 0.279 e. The molecule has 1 aliphatic rings. The Labute approximate surface area is 179 Å². The number of hydrogen-bond acceptors (Lipinski definition) is 3. The van der Waals surface area contributed by atoms with Crippen molar-refractivity contribution in [3.63, 3.8) is 0 Å². The molecule has 3 rings (SSSR count). The second kappa shape index (κ2) is 9.29. The molecule has 162 valence electrons. The van der Waals surface area contributed by atoms with Gasteiger partial charge >= 0.3 is 0 Å². The Balaban J connectivity index is 1.47. The number of anilines is 1. The highest BCUT2D eigenvalue weighted by Gasteiger charge is 2.30. The van der Waals surface area contributed by atoms with Crippen molar-refractivity contribution in [3.8, 4) is 0 Å². The van der Waals surface area contributed by atoms with Gasteiger partial charge in [-0.05, 0) is 28.7 Å². The molecule has 30 heavy (non-hydrogen) atoms. The van der Waals surface area contributed by atoms with E-state index in [0.29, 0.717) is 32.7 Å². The molecule has 0 aliphatic carbocycles. The van der Waals surface area contributed by atoms with Crippen LogP contribution in [-0.4, -0.2) is 51.4 Å².